The van der Waals surface area contributed by atoms with Gasteiger partial charge >= 0.3 is 6.03 Å². The molecule has 1 aliphatic heterocycles. The molecule has 148 valence electrons. The number of nitrogens with one attached hydrogen (secondary N) is 1. The maximum Gasteiger partial charge on any atom is 0.325 e. The second kappa shape index (κ2) is 9.08. The third-order valence-electron chi connectivity index (χ3n) is 4.59. The zero-order valence-corrected chi connectivity index (χ0v) is 16.6. The van der Waals surface area contributed by atoms with Crippen molar-refractivity contribution in [3.8, 4) is 5.75 Å². The van der Waals surface area contributed by atoms with Crippen molar-refractivity contribution < 1.29 is 19.1 Å². The predicted molar refractivity (Wildman–Crippen MR) is 107 cm³/mol. The summed E-state index contributed by atoms with van der Waals surface area (Å²) in [6, 6.07) is 13.0. The Labute approximate surface area is 169 Å². The average molecular weight is 403 g/mol. The number of ether oxygens (including phenoxy) is 2. The standard InChI is InChI=1S/C21H23ClN2O4/c1-3-28-17-9-7-15(8-10-17)19(13-27-2)24-20(25)18(23-21(24)26)12-14-5-4-6-16(22)11-14/h4-11,18-19H,3,12-13H2,1-2H3,(H,23,26)/t18-,19-/m0/s1. The fraction of sp³-hybridized carbons (Fsp3) is 0.333. The van der Waals surface area contributed by atoms with Crippen molar-refractivity contribution in [2.75, 3.05) is 20.3 Å². The van der Waals surface area contributed by atoms with Crippen LogP contribution in [0.3, 0.4) is 0 Å². The van der Waals surface area contributed by atoms with Crippen molar-refractivity contribution in [2.45, 2.75) is 25.4 Å². The molecule has 2 atom stereocenters. The minimum Gasteiger partial charge on any atom is -0.494 e. The number of carbonyl (C=O) groups excluding carboxylic acids is 2. The van der Waals surface area contributed by atoms with Crippen LogP contribution < -0.4 is 10.1 Å². The van der Waals surface area contributed by atoms with E-state index in [1.54, 1.807) is 19.2 Å². The van der Waals surface area contributed by atoms with Crippen molar-refractivity contribution in [3.63, 3.8) is 0 Å². The molecule has 0 radical (unpaired) electrons. The van der Waals surface area contributed by atoms with Crippen LogP contribution >= 0.6 is 11.6 Å². The summed E-state index contributed by atoms with van der Waals surface area (Å²) in [4.78, 5) is 26.8. The third-order valence-corrected chi connectivity index (χ3v) is 4.83. The lowest BCUT2D eigenvalue weighted by molar-refractivity contribution is -0.130. The fourth-order valence-corrected chi connectivity index (χ4v) is 3.52. The van der Waals surface area contributed by atoms with Gasteiger partial charge in [-0.15, -0.1) is 0 Å². The maximum absolute atomic E-state index is 13.0. The van der Waals surface area contributed by atoms with E-state index in [0.717, 1.165) is 16.9 Å². The maximum atomic E-state index is 13.0. The van der Waals surface area contributed by atoms with Gasteiger partial charge in [0.1, 0.15) is 11.8 Å². The van der Waals surface area contributed by atoms with Gasteiger partial charge in [0, 0.05) is 18.6 Å². The number of methoxy groups -OCH3 is 1. The van der Waals surface area contributed by atoms with Crippen LogP contribution in [0.1, 0.15) is 24.1 Å². The number of halogens is 1. The smallest absolute Gasteiger partial charge is 0.325 e. The molecule has 0 bridgehead atoms. The van der Waals surface area contributed by atoms with Gasteiger partial charge in [-0.1, -0.05) is 35.9 Å². The molecule has 2 aromatic carbocycles. The zero-order valence-electron chi connectivity index (χ0n) is 15.9. The lowest BCUT2D eigenvalue weighted by Crippen LogP contribution is -2.37. The molecule has 1 fully saturated rings. The first-order valence-corrected chi connectivity index (χ1v) is 9.51. The van der Waals surface area contributed by atoms with Crippen LogP contribution in [0.25, 0.3) is 0 Å². The van der Waals surface area contributed by atoms with Gasteiger partial charge in [0.2, 0.25) is 0 Å². The van der Waals surface area contributed by atoms with Gasteiger partial charge in [0.15, 0.2) is 0 Å². The highest BCUT2D eigenvalue weighted by molar-refractivity contribution is 6.30. The summed E-state index contributed by atoms with van der Waals surface area (Å²) in [5.74, 6) is 0.458. The first kappa shape index (κ1) is 20.2. The summed E-state index contributed by atoms with van der Waals surface area (Å²) < 4.78 is 10.8. The van der Waals surface area contributed by atoms with Gasteiger partial charge in [-0.3, -0.25) is 9.69 Å². The second-order valence-corrected chi connectivity index (χ2v) is 6.95. The van der Waals surface area contributed by atoms with Gasteiger partial charge < -0.3 is 14.8 Å². The third kappa shape index (κ3) is 4.46. The zero-order chi connectivity index (χ0) is 20.1. The molecule has 2 aromatic rings. The Balaban J connectivity index is 1.80. The molecular formula is C21H23ClN2O4. The van der Waals surface area contributed by atoms with E-state index in [0.29, 0.717) is 18.1 Å². The van der Waals surface area contributed by atoms with Gasteiger partial charge in [-0.05, 0) is 42.3 Å². The van der Waals surface area contributed by atoms with Crippen LogP contribution in [0.15, 0.2) is 48.5 Å². The molecule has 1 saturated heterocycles. The van der Waals surface area contributed by atoms with E-state index in [1.807, 2.05) is 43.3 Å². The first-order valence-electron chi connectivity index (χ1n) is 9.13. The normalized spacial score (nSPS) is 17.5. The molecule has 7 heteroatoms. The molecule has 3 amide bonds. The highest BCUT2D eigenvalue weighted by atomic mass is 35.5. The minimum atomic E-state index is -0.631. The Kier molecular flexibility index (Phi) is 6.54. The predicted octanol–water partition coefficient (Wildman–Crippen LogP) is 3.59. The SMILES string of the molecule is CCOc1ccc([C@H](COC)N2C(=O)N[C@@H](Cc3cccc(Cl)c3)C2=O)cc1. The quantitative estimate of drug-likeness (QED) is 0.685. The largest absolute Gasteiger partial charge is 0.494 e. The molecule has 0 aromatic heterocycles. The molecule has 0 aliphatic carbocycles. The van der Waals surface area contributed by atoms with Crippen molar-refractivity contribution in [3.05, 3.63) is 64.7 Å². The van der Waals surface area contributed by atoms with Crippen LogP contribution in [0.5, 0.6) is 5.75 Å². The summed E-state index contributed by atoms with van der Waals surface area (Å²) in [5.41, 5.74) is 1.69. The van der Waals surface area contributed by atoms with Gasteiger partial charge in [0.05, 0.1) is 19.3 Å². The lowest BCUT2D eigenvalue weighted by Gasteiger charge is -2.25. The average Bonchev–Trinajstić information content (AvgIpc) is 2.94. The number of urea groups is 1. The van der Waals surface area contributed by atoms with E-state index in [9.17, 15) is 9.59 Å². The second-order valence-electron chi connectivity index (χ2n) is 6.52. The number of rotatable bonds is 8. The lowest BCUT2D eigenvalue weighted by atomic mass is 10.0. The van der Waals surface area contributed by atoms with E-state index >= 15 is 0 Å². The summed E-state index contributed by atoms with van der Waals surface area (Å²) >= 11 is 6.02. The number of nitrogens with zero attached hydrogens (tertiary/aromatic N) is 1. The minimum absolute atomic E-state index is 0.205. The molecule has 1 aliphatic rings. The molecule has 6 nitrogen and oxygen atoms in total. The van der Waals surface area contributed by atoms with E-state index in [2.05, 4.69) is 5.32 Å². The highest BCUT2D eigenvalue weighted by Gasteiger charge is 2.42. The molecule has 3 rings (SSSR count). The monoisotopic (exact) mass is 402 g/mol. The van der Waals surface area contributed by atoms with E-state index in [1.165, 1.54) is 4.90 Å². The molecule has 1 N–H and O–H groups in total. The van der Waals surface area contributed by atoms with Crippen LogP contribution in [0, 0.1) is 0 Å². The Hall–Kier alpha value is -2.57. The fourth-order valence-electron chi connectivity index (χ4n) is 3.31. The number of hydrogen-bond acceptors (Lipinski definition) is 4. The molecule has 0 unspecified atom stereocenters. The van der Waals surface area contributed by atoms with Crippen molar-refractivity contribution in [2.24, 2.45) is 0 Å². The highest BCUT2D eigenvalue weighted by Crippen LogP contribution is 2.28. The summed E-state index contributed by atoms with van der Waals surface area (Å²) in [7, 11) is 1.55. The van der Waals surface area contributed by atoms with E-state index in [4.69, 9.17) is 21.1 Å². The van der Waals surface area contributed by atoms with Gasteiger partial charge in [-0.25, -0.2) is 4.79 Å². The number of imide groups is 1. The van der Waals surface area contributed by atoms with Crippen molar-refractivity contribution >= 4 is 23.5 Å². The molecule has 28 heavy (non-hydrogen) atoms. The summed E-state index contributed by atoms with van der Waals surface area (Å²) in [6.07, 6.45) is 0.380. The number of hydrogen-bond donors (Lipinski definition) is 1. The molecular weight excluding hydrogens is 380 g/mol. The number of carbonyl (C=O) groups is 2. The van der Waals surface area contributed by atoms with Crippen LogP contribution in [-0.4, -0.2) is 43.2 Å². The van der Waals surface area contributed by atoms with Crippen LogP contribution in [-0.2, 0) is 16.0 Å². The Morgan fingerprint density at radius 1 is 1.18 bits per heavy atom. The molecule has 0 saturated carbocycles. The van der Waals surface area contributed by atoms with Crippen molar-refractivity contribution in [1.82, 2.24) is 10.2 Å². The summed E-state index contributed by atoms with van der Waals surface area (Å²) in [6.45, 7) is 2.69. The number of benzene rings is 2. The van der Waals surface area contributed by atoms with E-state index < -0.39 is 18.1 Å². The Bertz CT molecular complexity index is 841. The van der Waals surface area contributed by atoms with Gasteiger partial charge in [-0.2, -0.15) is 0 Å². The van der Waals surface area contributed by atoms with Gasteiger partial charge in [0.25, 0.3) is 5.91 Å². The van der Waals surface area contributed by atoms with Crippen LogP contribution in [0.4, 0.5) is 4.79 Å². The number of amides is 3. The van der Waals surface area contributed by atoms with E-state index in [-0.39, 0.29) is 12.5 Å². The topological polar surface area (TPSA) is 67.9 Å². The molecule has 0 spiro atoms. The Morgan fingerprint density at radius 2 is 1.93 bits per heavy atom. The van der Waals surface area contributed by atoms with Crippen molar-refractivity contribution in [1.29, 1.82) is 0 Å². The first-order chi connectivity index (χ1) is 13.5. The molecule has 1 heterocycles. The summed E-state index contributed by atoms with van der Waals surface area (Å²) in [5, 5.41) is 3.37. The Morgan fingerprint density at radius 3 is 2.57 bits per heavy atom. The van der Waals surface area contributed by atoms with Crippen LogP contribution in [0.2, 0.25) is 5.02 Å².